The Morgan fingerprint density at radius 3 is 2.50 bits per heavy atom. The summed E-state index contributed by atoms with van der Waals surface area (Å²) in [7, 11) is -3.95. The van der Waals surface area contributed by atoms with Crippen LogP contribution in [0.4, 0.5) is 40.7 Å². The predicted octanol–water partition coefficient (Wildman–Crippen LogP) is 3.50. The molecule has 0 aliphatic rings. The van der Waals surface area contributed by atoms with Gasteiger partial charge in [-0.25, -0.2) is 27.9 Å². The summed E-state index contributed by atoms with van der Waals surface area (Å²) in [6.07, 6.45) is -3.73. The molecule has 0 unspecified atom stereocenters. The van der Waals surface area contributed by atoms with Crippen molar-refractivity contribution in [2.45, 2.75) is 24.0 Å². The van der Waals surface area contributed by atoms with Crippen molar-refractivity contribution in [3.63, 3.8) is 0 Å². The molecule has 10 nitrogen and oxygen atoms in total. The van der Waals surface area contributed by atoms with Crippen LogP contribution < -0.4 is 15.8 Å². The van der Waals surface area contributed by atoms with Gasteiger partial charge in [0.1, 0.15) is 0 Å². The van der Waals surface area contributed by atoms with Crippen molar-refractivity contribution in [3.05, 3.63) is 60.3 Å². The maximum Gasteiger partial charge on any atom is 0.449 e. The van der Waals surface area contributed by atoms with Crippen molar-refractivity contribution >= 4 is 44.2 Å². The van der Waals surface area contributed by atoms with Gasteiger partial charge in [-0.15, -0.1) is 0 Å². The number of aryl methyl sites for hydroxylation is 1. The molecule has 2 aromatic carbocycles. The molecule has 0 spiro atoms. The molecular weight excluding hydrogens is 506 g/mol. The van der Waals surface area contributed by atoms with Gasteiger partial charge in [0.25, 0.3) is 0 Å². The summed E-state index contributed by atoms with van der Waals surface area (Å²) in [5.41, 5.74) is 0.691. The number of rotatable bonds is 8. The number of imidazole rings is 1. The van der Waals surface area contributed by atoms with Gasteiger partial charge in [0.2, 0.25) is 21.8 Å². The van der Waals surface area contributed by atoms with Crippen LogP contribution in [0.15, 0.2) is 53.6 Å². The number of hydrogen-bond acceptors (Lipinski definition) is 8. The van der Waals surface area contributed by atoms with Crippen molar-refractivity contribution in [2.24, 2.45) is 5.14 Å². The fraction of sp³-hybridized carbons (Fsp3) is 0.190. The molecule has 0 saturated heterocycles. The third-order valence-electron chi connectivity index (χ3n) is 4.97. The second-order valence-corrected chi connectivity index (χ2v) is 9.14. The highest BCUT2D eigenvalue weighted by Crippen LogP contribution is 2.33. The second-order valence-electron chi connectivity index (χ2n) is 7.58. The Hall–Kier alpha value is -3.82. The molecule has 190 valence electrons. The van der Waals surface area contributed by atoms with Gasteiger partial charge in [-0.3, -0.25) is 0 Å². The number of benzene rings is 2. The average molecular weight is 525 g/mol. The van der Waals surface area contributed by atoms with E-state index in [-0.39, 0.29) is 58.6 Å². The van der Waals surface area contributed by atoms with Crippen LogP contribution in [0.5, 0.6) is 0 Å². The Labute approximate surface area is 201 Å². The molecule has 0 fully saturated rings. The van der Waals surface area contributed by atoms with E-state index in [1.165, 1.54) is 42.5 Å². The Kier molecular flexibility index (Phi) is 6.79. The largest absolute Gasteiger partial charge is 0.449 e. The van der Waals surface area contributed by atoms with Gasteiger partial charge >= 0.3 is 6.18 Å². The highest BCUT2D eigenvalue weighted by molar-refractivity contribution is 7.89. The number of aromatic nitrogens is 4. The van der Waals surface area contributed by atoms with Gasteiger partial charge in [0.15, 0.2) is 11.6 Å². The van der Waals surface area contributed by atoms with E-state index in [2.05, 4.69) is 25.6 Å². The summed E-state index contributed by atoms with van der Waals surface area (Å²) in [5, 5.41) is 19.6. The molecule has 15 heteroatoms. The normalized spacial score (nSPS) is 12.2. The van der Waals surface area contributed by atoms with E-state index >= 15 is 0 Å². The molecule has 0 radical (unpaired) electrons. The number of halogens is 4. The van der Waals surface area contributed by atoms with Crippen molar-refractivity contribution in [3.8, 4) is 0 Å². The molecule has 0 amide bonds. The number of aliphatic hydroxyl groups is 1. The van der Waals surface area contributed by atoms with Gasteiger partial charge in [-0.05, 0) is 42.8 Å². The predicted molar refractivity (Wildman–Crippen MR) is 123 cm³/mol. The monoisotopic (exact) mass is 525 g/mol. The number of nitrogens with one attached hydrogen (secondary N) is 2. The van der Waals surface area contributed by atoms with Crippen LogP contribution in [0.3, 0.4) is 0 Å². The zero-order chi connectivity index (χ0) is 26.1. The van der Waals surface area contributed by atoms with Gasteiger partial charge in [-0.1, -0.05) is 6.07 Å². The number of nitrogens with two attached hydrogens (primary N) is 1. The van der Waals surface area contributed by atoms with Crippen LogP contribution in [-0.2, 0) is 22.7 Å². The van der Waals surface area contributed by atoms with Gasteiger partial charge < -0.3 is 20.3 Å². The number of hydrogen-bond donors (Lipinski definition) is 4. The average Bonchev–Trinajstić information content (AvgIpc) is 3.18. The van der Waals surface area contributed by atoms with Crippen LogP contribution in [0.1, 0.15) is 12.2 Å². The number of anilines is 4. The summed E-state index contributed by atoms with van der Waals surface area (Å²) >= 11 is 0. The molecule has 2 heterocycles. The lowest BCUT2D eigenvalue weighted by molar-refractivity contribution is -0.147. The van der Waals surface area contributed by atoms with E-state index < -0.39 is 27.8 Å². The minimum absolute atomic E-state index is 0.0119. The molecule has 0 saturated carbocycles. The number of alkyl halides is 3. The molecule has 4 rings (SSSR count). The first-order valence-corrected chi connectivity index (χ1v) is 11.9. The Bertz CT molecular complexity index is 1520. The second kappa shape index (κ2) is 9.67. The molecule has 0 bridgehead atoms. The summed E-state index contributed by atoms with van der Waals surface area (Å²) in [6, 6.07) is 9.64. The maximum absolute atomic E-state index is 14.4. The van der Waals surface area contributed by atoms with Gasteiger partial charge in [0.05, 0.1) is 22.1 Å². The minimum atomic E-state index is -4.71. The van der Waals surface area contributed by atoms with E-state index in [4.69, 9.17) is 10.2 Å². The van der Waals surface area contributed by atoms with Gasteiger partial charge in [0, 0.05) is 24.5 Å². The molecule has 0 atom stereocenters. The van der Waals surface area contributed by atoms with E-state index in [1.807, 2.05) is 0 Å². The van der Waals surface area contributed by atoms with Crippen LogP contribution in [-0.4, -0.2) is 39.7 Å². The lowest BCUT2D eigenvalue weighted by Crippen LogP contribution is -2.15. The van der Waals surface area contributed by atoms with Crippen LogP contribution in [0.2, 0.25) is 0 Å². The van der Waals surface area contributed by atoms with E-state index in [1.54, 1.807) is 0 Å². The van der Waals surface area contributed by atoms with Crippen LogP contribution in [0.25, 0.3) is 11.0 Å². The summed E-state index contributed by atoms with van der Waals surface area (Å²) in [5.74, 6) is -2.32. The highest BCUT2D eigenvalue weighted by Gasteiger charge is 2.37. The zero-order valence-electron chi connectivity index (χ0n) is 18.3. The topological polar surface area (TPSA) is 148 Å². The lowest BCUT2D eigenvalue weighted by Gasteiger charge is -2.11. The third kappa shape index (κ3) is 5.53. The first-order valence-electron chi connectivity index (χ1n) is 10.3. The molecule has 0 aliphatic heterocycles. The smallest absolute Gasteiger partial charge is 0.396 e. The summed E-state index contributed by atoms with van der Waals surface area (Å²) in [4.78, 5) is 11.4. The SMILES string of the molecule is NS(=O)(=O)c1cccc(Nc2ncc(F)c(Nc3ccc4c(c3)nc(C(F)(F)F)n4CCCO)n2)c1. The summed E-state index contributed by atoms with van der Waals surface area (Å²) in [6.45, 7) is -0.372. The maximum atomic E-state index is 14.4. The summed E-state index contributed by atoms with van der Waals surface area (Å²) < 4.78 is 78.8. The van der Waals surface area contributed by atoms with Crippen molar-refractivity contribution in [1.82, 2.24) is 19.5 Å². The third-order valence-corrected chi connectivity index (χ3v) is 5.88. The van der Waals surface area contributed by atoms with E-state index in [9.17, 15) is 26.0 Å². The number of aliphatic hydroxyl groups excluding tert-OH is 1. The van der Waals surface area contributed by atoms with Crippen molar-refractivity contribution in [2.75, 3.05) is 17.2 Å². The zero-order valence-corrected chi connectivity index (χ0v) is 19.1. The molecule has 0 aliphatic carbocycles. The van der Waals surface area contributed by atoms with Gasteiger partial charge in [-0.2, -0.15) is 18.2 Å². The van der Waals surface area contributed by atoms with Crippen LogP contribution in [0, 0.1) is 5.82 Å². The Morgan fingerprint density at radius 1 is 1.06 bits per heavy atom. The lowest BCUT2D eigenvalue weighted by atomic mass is 10.2. The van der Waals surface area contributed by atoms with E-state index in [0.717, 1.165) is 10.8 Å². The first kappa shape index (κ1) is 25.3. The van der Waals surface area contributed by atoms with Crippen molar-refractivity contribution < 1.29 is 31.1 Å². The van der Waals surface area contributed by atoms with Crippen molar-refractivity contribution in [1.29, 1.82) is 0 Å². The molecule has 36 heavy (non-hydrogen) atoms. The Balaban J connectivity index is 1.62. The van der Waals surface area contributed by atoms with E-state index in [0.29, 0.717) is 0 Å². The quantitative estimate of drug-likeness (QED) is 0.256. The molecular formula is C21H19F4N7O3S. The molecule has 2 aromatic heterocycles. The number of fused-ring (bicyclic) bond motifs is 1. The Morgan fingerprint density at radius 2 is 1.81 bits per heavy atom. The number of primary sulfonamides is 1. The highest BCUT2D eigenvalue weighted by atomic mass is 32.2. The fourth-order valence-electron chi connectivity index (χ4n) is 3.41. The van der Waals surface area contributed by atoms with Crippen LogP contribution >= 0.6 is 0 Å². The molecule has 5 N–H and O–H groups in total. The number of sulfonamides is 1. The first-order chi connectivity index (χ1) is 17.0. The number of nitrogens with zero attached hydrogens (tertiary/aromatic N) is 4. The fourth-order valence-corrected chi connectivity index (χ4v) is 3.97. The molecule has 4 aromatic rings. The standard InChI is InChI=1S/C21H19F4N7O3S/c22-15-11-27-20(29-12-3-1-4-14(9-12)36(26,34)35)31-18(15)28-13-5-6-17-16(10-13)30-19(21(23,24)25)32(17)7-2-8-33/h1,3-6,9-11,33H,2,7-8H2,(H2,26,34,35)(H2,27,28,29,31). The minimum Gasteiger partial charge on any atom is -0.396 e.